The zero-order valence-electron chi connectivity index (χ0n) is 15.3. The molecule has 0 atom stereocenters. The standard InChI is InChI=1S/C19H18N4O6/c24-18(13-1-5-16(6-2-13)22(26)27)20-11-12-21(15-9-10-15)19(25)14-3-7-17(8-4-14)23(28)29/h1-8,15H,9-12H2,(H,20,24). The summed E-state index contributed by atoms with van der Waals surface area (Å²) in [7, 11) is 0. The summed E-state index contributed by atoms with van der Waals surface area (Å²) >= 11 is 0. The highest BCUT2D eigenvalue weighted by Crippen LogP contribution is 2.28. The van der Waals surface area contributed by atoms with Gasteiger partial charge in [-0.05, 0) is 37.1 Å². The highest BCUT2D eigenvalue weighted by Gasteiger charge is 2.33. The van der Waals surface area contributed by atoms with Gasteiger partial charge in [-0.2, -0.15) is 0 Å². The molecular formula is C19H18N4O6. The Morgan fingerprint density at radius 2 is 1.38 bits per heavy atom. The maximum Gasteiger partial charge on any atom is 0.269 e. The van der Waals surface area contributed by atoms with Crippen molar-refractivity contribution in [1.82, 2.24) is 10.2 Å². The van der Waals surface area contributed by atoms with Gasteiger partial charge in [0, 0.05) is 54.5 Å². The van der Waals surface area contributed by atoms with Crippen molar-refractivity contribution < 1.29 is 19.4 Å². The van der Waals surface area contributed by atoms with E-state index in [-0.39, 0.29) is 35.4 Å². The van der Waals surface area contributed by atoms with Crippen molar-refractivity contribution >= 4 is 23.2 Å². The summed E-state index contributed by atoms with van der Waals surface area (Å²) in [4.78, 5) is 46.9. The maximum atomic E-state index is 12.7. The zero-order chi connectivity index (χ0) is 21.0. The number of carbonyl (C=O) groups is 2. The number of hydrogen-bond acceptors (Lipinski definition) is 6. The van der Waals surface area contributed by atoms with Gasteiger partial charge in [0.05, 0.1) is 9.85 Å². The van der Waals surface area contributed by atoms with Crippen LogP contribution < -0.4 is 5.32 Å². The van der Waals surface area contributed by atoms with Gasteiger partial charge in [0.15, 0.2) is 0 Å². The molecule has 0 aliphatic heterocycles. The molecule has 10 heteroatoms. The Labute approximate surface area is 165 Å². The second kappa shape index (κ2) is 8.46. The Balaban J connectivity index is 1.58. The first-order chi connectivity index (χ1) is 13.9. The quantitative estimate of drug-likeness (QED) is 0.536. The van der Waals surface area contributed by atoms with Gasteiger partial charge in [-0.3, -0.25) is 29.8 Å². The van der Waals surface area contributed by atoms with Crippen LogP contribution in [0.1, 0.15) is 33.6 Å². The minimum Gasteiger partial charge on any atom is -0.350 e. The van der Waals surface area contributed by atoms with Gasteiger partial charge >= 0.3 is 0 Å². The van der Waals surface area contributed by atoms with E-state index in [1.54, 1.807) is 4.90 Å². The molecule has 0 saturated heterocycles. The summed E-state index contributed by atoms with van der Waals surface area (Å²) in [5, 5.41) is 24.1. The number of nitro groups is 2. The van der Waals surface area contributed by atoms with Gasteiger partial charge in [-0.15, -0.1) is 0 Å². The maximum absolute atomic E-state index is 12.7. The van der Waals surface area contributed by atoms with E-state index in [1.165, 1.54) is 48.5 Å². The van der Waals surface area contributed by atoms with Crippen LogP contribution >= 0.6 is 0 Å². The fourth-order valence-electron chi connectivity index (χ4n) is 2.85. The van der Waals surface area contributed by atoms with Crippen molar-refractivity contribution in [3.63, 3.8) is 0 Å². The third-order valence-corrected chi connectivity index (χ3v) is 4.55. The van der Waals surface area contributed by atoms with Crippen molar-refractivity contribution in [2.24, 2.45) is 0 Å². The summed E-state index contributed by atoms with van der Waals surface area (Å²) in [6, 6.07) is 10.8. The van der Waals surface area contributed by atoms with Gasteiger partial charge in [0.25, 0.3) is 23.2 Å². The van der Waals surface area contributed by atoms with E-state index in [0.29, 0.717) is 12.1 Å². The van der Waals surface area contributed by atoms with Crippen LogP contribution in [0.4, 0.5) is 11.4 Å². The van der Waals surface area contributed by atoms with E-state index < -0.39 is 15.8 Å². The van der Waals surface area contributed by atoms with Gasteiger partial charge in [0.1, 0.15) is 0 Å². The molecule has 0 bridgehead atoms. The van der Waals surface area contributed by atoms with Crippen LogP contribution in [0.2, 0.25) is 0 Å². The largest absolute Gasteiger partial charge is 0.350 e. The number of carbonyl (C=O) groups excluding carboxylic acids is 2. The summed E-state index contributed by atoms with van der Waals surface area (Å²) < 4.78 is 0. The van der Waals surface area contributed by atoms with Crippen LogP contribution in [0, 0.1) is 20.2 Å². The van der Waals surface area contributed by atoms with Crippen LogP contribution in [-0.4, -0.2) is 45.7 Å². The predicted octanol–water partition coefficient (Wildman–Crippen LogP) is 2.54. The Morgan fingerprint density at radius 3 is 1.83 bits per heavy atom. The van der Waals surface area contributed by atoms with E-state index in [4.69, 9.17) is 0 Å². The summed E-state index contributed by atoms with van der Waals surface area (Å²) in [5.74, 6) is -0.634. The molecule has 0 radical (unpaired) electrons. The van der Waals surface area contributed by atoms with E-state index >= 15 is 0 Å². The molecular weight excluding hydrogens is 380 g/mol. The Bertz CT molecular complexity index is 938. The summed E-state index contributed by atoms with van der Waals surface area (Å²) in [5.41, 5.74) is 0.449. The van der Waals surface area contributed by atoms with Crippen LogP contribution in [0.3, 0.4) is 0 Å². The second-order valence-corrected chi connectivity index (χ2v) is 6.59. The fourth-order valence-corrected chi connectivity index (χ4v) is 2.85. The Hall–Kier alpha value is -3.82. The third-order valence-electron chi connectivity index (χ3n) is 4.55. The van der Waals surface area contributed by atoms with Gasteiger partial charge in [-0.25, -0.2) is 0 Å². The molecule has 3 rings (SSSR count). The highest BCUT2D eigenvalue weighted by molar-refractivity contribution is 5.95. The van der Waals surface area contributed by atoms with Crippen molar-refractivity contribution in [3.8, 4) is 0 Å². The molecule has 2 aromatic carbocycles. The van der Waals surface area contributed by atoms with Crippen LogP contribution in [0.5, 0.6) is 0 Å². The number of nitro benzene ring substituents is 2. The highest BCUT2D eigenvalue weighted by atomic mass is 16.6. The number of nitrogens with zero attached hydrogens (tertiary/aromatic N) is 3. The third kappa shape index (κ3) is 4.92. The van der Waals surface area contributed by atoms with Gasteiger partial charge in [0.2, 0.25) is 0 Å². The number of amides is 2. The first-order valence-corrected chi connectivity index (χ1v) is 8.95. The number of hydrogen-bond donors (Lipinski definition) is 1. The molecule has 29 heavy (non-hydrogen) atoms. The van der Waals surface area contributed by atoms with Crippen LogP contribution in [0.25, 0.3) is 0 Å². The molecule has 2 amide bonds. The second-order valence-electron chi connectivity index (χ2n) is 6.59. The van der Waals surface area contributed by atoms with Crippen LogP contribution in [0.15, 0.2) is 48.5 Å². The first kappa shape index (κ1) is 19.9. The van der Waals surface area contributed by atoms with E-state index in [9.17, 15) is 29.8 Å². The lowest BCUT2D eigenvalue weighted by molar-refractivity contribution is -0.385. The summed E-state index contributed by atoms with van der Waals surface area (Å²) in [6.07, 6.45) is 1.74. The molecule has 150 valence electrons. The average molecular weight is 398 g/mol. The molecule has 0 aromatic heterocycles. The minimum atomic E-state index is -0.543. The molecule has 10 nitrogen and oxygen atoms in total. The normalized spacial score (nSPS) is 12.8. The number of non-ortho nitro benzene ring substituents is 2. The molecule has 1 N–H and O–H groups in total. The average Bonchev–Trinajstić information content (AvgIpc) is 3.56. The SMILES string of the molecule is O=C(NCCN(C(=O)c1ccc([N+](=O)[O-])cc1)C1CC1)c1ccc([N+](=O)[O-])cc1. The Morgan fingerprint density at radius 1 is 0.897 bits per heavy atom. The van der Waals surface area contributed by atoms with Crippen molar-refractivity contribution in [1.29, 1.82) is 0 Å². The molecule has 2 aromatic rings. The van der Waals surface area contributed by atoms with Gasteiger partial charge in [-0.1, -0.05) is 0 Å². The number of benzene rings is 2. The first-order valence-electron chi connectivity index (χ1n) is 8.95. The smallest absolute Gasteiger partial charge is 0.269 e. The molecule has 1 saturated carbocycles. The van der Waals surface area contributed by atoms with E-state index in [0.717, 1.165) is 12.8 Å². The molecule has 0 spiro atoms. The number of rotatable bonds is 8. The van der Waals surface area contributed by atoms with Crippen molar-refractivity contribution in [2.75, 3.05) is 13.1 Å². The lowest BCUT2D eigenvalue weighted by Gasteiger charge is -2.22. The monoisotopic (exact) mass is 398 g/mol. The molecule has 0 heterocycles. The lowest BCUT2D eigenvalue weighted by Crippen LogP contribution is -2.40. The molecule has 1 aliphatic carbocycles. The van der Waals surface area contributed by atoms with E-state index in [1.807, 2.05) is 0 Å². The molecule has 0 unspecified atom stereocenters. The van der Waals surface area contributed by atoms with Crippen molar-refractivity contribution in [2.45, 2.75) is 18.9 Å². The topological polar surface area (TPSA) is 136 Å². The van der Waals surface area contributed by atoms with E-state index in [2.05, 4.69) is 5.32 Å². The predicted molar refractivity (Wildman–Crippen MR) is 103 cm³/mol. The fraction of sp³-hybridized carbons (Fsp3) is 0.263. The molecule has 1 fully saturated rings. The van der Waals surface area contributed by atoms with Crippen molar-refractivity contribution in [3.05, 3.63) is 79.9 Å². The van der Waals surface area contributed by atoms with Gasteiger partial charge < -0.3 is 10.2 Å². The minimum absolute atomic E-state index is 0.0881. The number of nitrogens with one attached hydrogen (secondary N) is 1. The molecule has 1 aliphatic rings. The summed E-state index contributed by atoms with van der Waals surface area (Å²) in [6.45, 7) is 0.504. The zero-order valence-corrected chi connectivity index (χ0v) is 15.3. The lowest BCUT2D eigenvalue weighted by atomic mass is 10.1. The van der Waals surface area contributed by atoms with Crippen LogP contribution in [-0.2, 0) is 0 Å². The Kier molecular flexibility index (Phi) is 5.82.